The summed E-state index contributed by atoms with van der Waals surface area (Å²) in [6.45, 7) is 1.87. The van der Waals surface area contributed by atoms with E-state index in [2.05, 4.69) is 44.5 Å². The Morgan fingerprint density at radius 3 is 2.77 bits per heavy atom. The van der Waals surface area contributed by atoms with Gasteiger partial charge in [0.15, 0.2) is 0 Å². The molecule has 2 aromatic carbocycles. The number of fused-ring (bicyclic) bond motifs is 3. The average Bonchev–Trinajstić information content (AvgIpc) is 3.23. The van der Waals surface area contributed by atoms with Crippen molar-refractivity contribution in [3.8, 4) is 17.2 Å². The summed E-state index contributed by atoms with van der Waals surface area (Å²) in [5.74, 6) is 0.341. The normalized spacial score (nSPS) is 22.6. The number of hydrogen-bond donors (Lipinski definition) is 2. The van der Waals surface area contributed by atoms with E-state index < -0.39 is 0 Å². The van der Waals surface area contributed by atoms with Crippen LogP contribution in [0.4, 0.5) is 5.69 Å². The molecule has 1 fully saturated rings. The Balaban J connectivity index is 1.54. The Labute approximate surface area is 175 Å². The lowest BCUT2D eigenvalue weighted by Crippen LogP contribution is -2.41. The van der Waals surface area contributed by atoms with Gasteiger partial charge in [0.2, 0.25) is 0 Å². The van der Waals surface area contributed by atoms with Crippen molar-refractivity contribution in [3.63, 3.8) is 0 Å². The Hall–Kier alpha value is -3.27. The van der Waals surface area contributed by atoms with Gasteiger partial charge in [-0.15, -0.1) is 0 Å². The van der Waals surface area contributed by atoms with Crippen molar-refractivity contribution in [1.29, 1.82) is 5.26 Å². The van der Waals surface area contributed by atoms with Gasteiger partial charge in [-0.2, -0.15) is 5.26 Å². The predicted molar refractivity (Wildman–Crippen MR) is 114 cm³/mol. The highest BCUT2D eigenvalue weighted by Crippen LogP contribution is 2.47. The summed E-state index contributed by atoms with van der Waals surface area (Å²) in [4.78, 5) is 10.8. The number of anilines is 1. The summed E-state index contributed by atoms with van der Waals surface area (Å²) >= 11 is 0. The van der Waals surface area contributed by atoms with E-state index in [1.807, 2.05) is 36.7 Å². The number of aliphatic hydroxyl groups excluding tert-OH is 1. The Kier molecular flexibility index (Phi) is 4.91. The number of hydrogen-bond acceptors (Lipinski definition) is 6. The summed E-state index contributed by atoms with van der Waals surface area (Å²) in [7, 11) is 0. The van der Waals surface area contributed by atoms with Crippen LogP contribution in [0.1, 0.15) is 29.2 Å². The lowest BCUT2D eigenvalue weighted by atomic mass is 9.82. The molecule has 6 heteroatoms. The fraction of sp³-hybridized carbons (Fsp3) is 0.292. The van der Waals surface area contributed by atoms with Gasteiger partial charge in [-0.1, -0.05) is 18.2 Å². The smallest absolute Gasteiger partial charge is 0.115 e. The minimum absolute atomic E-state index is 0.0484. The monoisotopic (exact) mass is 397 g/mol. The van der Waals surface area contributed by atoms with E-state index in [1.165, 1.54) is 5.56 Å². The van der Waals surface area contributed by atoms with Crippen molar-refractivity contribution < 1.29 is 5.11 Å². The van der Waals surface area contributed by atoms with Crippen molar-refractivity contribution >= 4 is 5.69 Å². The maximum Gasteiger partial charge on any atom is 0.115 e. The molecule has 6 nitrogen and oxygen atoms in total. The van der Waals surface area contributed by atoms with Crippen molar-refractivity contribution in [2.24, 2.45) is 5.92 Å². The van der Waals surface area contributed by atoms with Gasteiger partial charge in [0.05, 0.1) is 24.3 Å². The first kappa shape index (κ1) is 18.7. The number of nitriles is 1. The quantitative estimate of drug-likeness (QED) is 0.702. The van der Waals surface area contributed by atoms with Crippen molar-refractivity contribution in [1.82, 2.24) is 14.9 Å². The van der Waals surface area contributed by atoms with Gasteiger partial charge < -0.3 is 10.4 Å². The molecule has 3 aromatic rings. The molecule has 150 valence electrons. The Morgan fingerprint density at radius 1 is 1.13 bits per heavy atom. The zero-order valence-corrected chi connectivity index (χ0v) is 16.6. The molecule has 2 N–H and O–H groups in total. The number of nitrogens with one attached hydrogen (secondary N) is 1. The predicted octanol–water partition coefficient (Wildman–Crippen LogP) is 3.36. The number of likely N-dealkylation sites (tertiary alicyclic amines) is 1. The molecule has 30 heavy (non-hydrogen) atoms. The van der Waals surface area contributed by atoms with Crippen LogP contribution in [-0.2, 0) is 6.54 Å². The Morgan fingerprint density at radius 2 is 1.97 bits per heavy atom. The zero-order valence-electron chi connectivity index (χ0n) is 16.6. The second kappa shape index (κ2) is 7.86. The van der Waals surface area contributed by atoms with Crippen molar-refractivity contribution in [2.75, 3.05) is 18.5 Å². The minimum Gasteiger partial charge on any atom is -0.394 e. The van der Waals surface area contributed by atoms with E-state index in [0.717, 1.165) is 41.9 Å². The maximum atomic E-state index is 10.00. The molecular weight excluding hydrogens is 374 g/mol. The molecule has 1 saturated heterocycles. The molecule has 5 rings (SSSR count). The van der Waals surface area contributed by atoms with E-state index in [0.29, 0.717) is 11.5 Å². The largest absolute Gasteiger partial charge is 0.394 e. The van der Waals surface area contributed by atoms with Crippen LogP contribution in [0, 0.1) is 17.2 Å². The Bertz CT molecular complexity index is 1090. The zero-order chi connectivity index (χ0) is 20.5. The summed E-state index contributed by atoms with van der Waals surface area (Å²) in [6, 6.07) is 16.6. The average molecular weight is 397 g/mol. The lowest BCUT2D eigenvalue weighted by molar-refractivity contribution is 0.172. The van der Waals surface area contributed by atoms with Gasteiger partial charge in [0.1, 0.15) is 6.33 Å². The van der Waals surface area contributed by atoms with Gasteiger partial charge >= 0.3 is 0 Å². The van der Waals surface area contributed by atoms with Gasteiger partial charge in [0.25, 0.3) is 0 Å². The first-order chi connectivity index (χ1) is 14.8. The topological polar surface area (TPSA) is 85.1 Å². The SMILES string of the molecule is N#Cc1cccc(-c2ccc3c(c2)[C@H]2[C@H](CCN2Cc2cncnc2)[C@@H](CO)N3)c1. The van der Waals surface area contributed by atoms with Gasteiger partial charge in [-0.25, -0.2) is 9.97 Å². The van der Waals surface area contributed by atoms with Crippen LogP contribution >= 0.6 is 0 Å². The van der Waals surface area contributed by atoms with Crippen LogP contribution in [0.25, 0.3) is 11.1 Å². The molecule has 3 atom stereocenters. The number of benzene rings is 2. The van der Waals surface area contributed by atoms with Crippen LogP contribution < -0.4 is 5.32 Å². The molecule has 1 aromatic heterocycles. The lowest BCUT2D eigenvalue weighted by Gasteiger charge is -2.39. The highest BCUT2D eigenvalue weighted by atomic mass is 16.3. The van der Waals surface area contributed by atoms with Crippen molar-refractivity contribution in [3.05, 3.63) is 77.9 Å². The highest BCUT2D eigenvalue weighted by Gasteiger charge is 2.43. The molecule has 0 radical (unpaired) electrons. The standard InChI is InChI=1S/C24H23N5O/c25-10-16-2-1-3-18(8-16)19-4-5-22-21(9-19)24-20(23(14-30)28-22)6-7-29(24)13-17-11-26-15-27-12-17/h1-5,8-9,11-12,15,20,23-24,28,30H,6-7,13-14H2/t20-,23-,24-/m1/s1. The van der Waals surface area contributed by atoms with Crippen LogP contribution in [-0.4, -0.2) is 39.2 Å². The van der Waals surface area contributed by atoms with E-state index in [-0.39, 0.29) is 18.7 Å². The first-order valence-electron chi connectivity index (χ1n) is 10.3. The highest BCUT2D eigenvalue weighted by molar-refractivity contribution is 5.71. The molecule has 0 bridgehead atoms. The molecular formula is C24H23N5O. The van der Waals surface area contributed by atoms with Gasteiger partial charge in [-0.3, -0.25) is 4.90 Å². The fourth-order valence-electron chi connectivity index (χ4n) is 4.93. The van der Waals surface area contributed by atoms with E-state index in [4.69, 9.17) is 0 Å². The number of nitrogens with zero attached hydrogens (tertiary/aromatic N) is 4. The molecule has 2 aliphatic heterocycles. The number of rotatable bonds is 4. The maximum absolute atomic E-state index is 10.00. The van der Waals surface area contributed by atoms with E-state index >= 15 is 0 Å². The molecule has 0 unspecified atom stereocenters. The molecule has 0 saturated carbocycles. The van der Waals surface area contributed by atoms with Crippen LogP contribution in [0.5, 0.6) is 0 Å². The van der Waals surface area contributed by atoms with Gasteiger partial charge in [0, 0.05) is 42.1 Å². The number of aliphatic hydroxyl groups is 1. The molecule has 0 aliphatic carbocycles. The summed E-state index contributed by atoms with van der Waals surface area (Å²) < 4.78 is 0. The second-order valence-corrected chi connectivity index (χ2v) is 8.04. The summed E-state index contributed by atoms with van der Waals surface area (Å²) in [5, 5.41) is 22.8. The van der Waals surface area contributed by atoms with Crippen LogP contribution in [0.15, 0.2) is 61.2 Å². The van der Waals surface area contributed by atoms with Crippen LogP contribution in [0.3, 0.4) is 0 Å². The van der Waals surface area contributed by atoms with E-state index in [1.54, 1.807) is 6.33 Å². The molecule has 2 aliphatic rings. The summed E-state index contributed by atoms with van der Waals surface area (Å²) in [6.07, 6.45) is 6.33. The number of aromatic nitrogens is 2. The molecule has 0 spiro atoms. The third-order valence-electron chi connectivity index (χ3n) is 6.30. The van der Waals surface area contributed by atoms with Gasteiger partial charge in [-0.05, 0) is 53.9 Å². The fourth-order valence-corrected chi connectivity index (χ4v) is 4.93. The van der Waals surface area contributed by atoms with E-state index in [9.17, 15) is 10.4 Å². The third kappa shape index (κ3) is 3.32. The molecule has 0 amide bonds. The summed E-state index contributed by atoms with van der Waals surface area (Å²) in [5.41, 5.74) is 6.22. The van der Waals surface area contributed by atoms with Crippen molar-refractivity contribution in [2.45, 2.75) is 25.0 Å². The van der Waals surface area contributed by atoms with Crippen LogP contribution in [0.2, 0.25) is 0 Å². The second-order valence-electron chi connectivity index (χ2n) is 8.04. The molecule has 3 heterocycles. The third-order valence-corrected chi connectivity index (χ3v) is 6.30. The minimum atomic E-state index is 0.0484. The first-order valence-corrected chi connectivity index (χ1v) is 10.3.